The Morgan fingerprint density at radius 2 is 0.852 bits per heavy atom. The molecule has 15 atom stereocenters. The van der Waals surface area contributed by atoms with Crippen LogP contribution in [0.3, 0.4) is 0 Å². The Morgan fingerprint density at radius 3 is 1.28 bits per heavy atom. The van der Waals surface area contributed by atoms with Crippen LogP contribution in [-0.4, -0.2) is 161 Å². The van der Waals surface area contributed by atoms with E-state index < -0.39 is 90.9 Å². The molecule has 6 aliphatic heterocycles. The van der Waals surface area contributed by atoms with Crippen LogP contribution >= 0.6 is 0 Å². The molecule has 0 amide bonds. The fraction of sp³-hybridized carbons (Fsp3) is 0.944. The minimum absolute atomic E-state index is 0.0247. The van der Waals surface area contributed by atoms with Gasteiger partial charge in [-0.05, 0) is 41.5 Å². The van der Waals surface area contributed by atoms with Crippen LogP contribution in [0, 0.1) is 11.8 Å². The number of fused-ring (bicyclic) bond motifs is 3. The predicted molar refractivity (Wildman–Crippen MR) is 183 cm³/mol. The smallest absolute Gasteiger partial charge is 0.303 e. The summed E-state index contributed by atoms with van der Waals surface area (Å²) < 4.78 is 77.2. The molecular weight excluding hydrogens is 720 g/mol. The van der Waals surface area contributed by atoms with Crippen molar-refractivity contribution in [3.63, 3.8) is 0 Å². The molecule has 6 saturated heterocycles. The van der Waals surface area contributed by atoms with E-state index in [2.05, 4.69) is 0 Å². The predicted octanol–water partition coefficient (Wildman–Crippen LogP) is 1.39. The molecule has 54 heavy (non-hydrogen) atoms. The van der Waals surface area contributed by atoms with Crippen molar-refractivity contribution in [3.8, 4) is 0 Å². The SMILES string of the molecule is CO[C@H]1OC[C@@H](C)[C@H]2OC(C)(C)OC2[C@@H]1O.CO[C@H]1OC[C@@H](C)[C@H]2OC(C)(C)OC2[C@@H]1OC(C)=O.CO[C@H]1OC[C@@H](O)[C@H]2OC(C)(C)OC2[C@@H]1OC(C)=O. The standard InChI is InChI=1S/C13H22O6.C12H20O7.C11H20O5/c1-7-6-16-12(15-5)11(17-8(2)14)10-9(7)18-13(3,4)19-10;1-6(13)17-10-9-8(18-12(2,3)19-9)7(14)5-16-11(10)15-4;1-6-5-14-10(13-4)7(12)9-8(6)15-11(2,3)16-9/h7,9-12H,6H2,1-5H3;7-11,14H,5H2,1-4H3;6-10,12H,5H2,1-4H3/t7-,9-,10?,11+,12+;7-,8-,9?,10+,11+;6-,7+,8-,9?,10+/m111/s1. The van der Waals surface area contributed by atoms with E-state index in [0.29, 0.717) is 13.2 Å². The van der Waals surface area contributed by atoms with Crippen molar-refractivity contribution < 1.29 is 86.1 Å². The van der Waals surface area contributed by atoms with Crippen molar-refractivity contribution in [2.75, 3.05) is 41.2 Å². The number of carbonyl (C=O) groups excluding carboxylic acids is 2. The maximum atomic E-state index is 11.3. The topological polar surface area (TPSA) is 204 Å². The van der Waals surface area contributed by atoms with E-state index >= 15 is 0 Å². The minimum Gasteiger partial charge on any atom is -0.454 e. The number of hydrogen-bond acceptors (Lipinski definition) is 18. The van der Waals surface area contributed by atoms with Crippen molar-refractivity contribution in [1.82, 2.24) is 0 Å². The summed E-state index contributed by atoms with van der Waals surface area (Å²) in [5.41, 5.74) is 0. The fourth-order valence-electron chi connectivity index (χ4n) is 7.37. The van der Waals surface area contributed by atoms with Crippen LogP contribution in [0.4, 0.5) is 0 Å². The monoisotopic (exact) mass is 782 g/mol. The van der Waals surface area contributed by atoms with Gasteiger partial charge in [-0.2, -0.15) is 0 Å². The zero-order valence-corrected chi connectivity index (χ0v) is 33.7. The largest absolute Gasteiger partial charge is 0.454 e. The van der Waals surface area contributed by atoms with Crippen LogP contribution < -0.4 is 0 Å². The summed E-state index contributed by atoms with van der Waals surface area (Å²) in [7, 11) is 4.47. The van der Waals surface area contributed by atoms with Crippen LogP contribution in [0.25, 0.3) is 0 Å². The van der Waals surface area contributed by atoms with Crippen molar-refractivity contribution in [2.45, 2.75) is 167 Å². The third-order valence-corrected chi connectivity index (χ3v) is 9.57. The molecule has 0 radical (unpaired) electrons. The average Bonchev–Trinajstić information content (AvgIpc) is 3.64. The van der Waals surface area contributed by atoms with Gasteiger partial charge >= 0.3 is 11.9 Å². The molecule has 6 rings (SSSR count). The maximum absolute atomic E-state index is 11.3. The Balaban J connectivity index is 0.000000181. The molecule has 6 aliphatic rings. The zero-order chi connectivity index (χ0) is 40.3. The quantitative estimate of drug-likeness (QED) is 0.378. The molecule has 18 nitrogen and oxygen atoms in total. The number of carbonyl (C=O) groups is 2. The van der Waals surface area contributed by atoms with Gasteiger partial charge in [0.2, 0.25) is 0 Å². The molecule has 6 fully saturated rings. The normalized spacial score (nSPS) is 43.2. The Hall–Kier alpha value is -1.62. The van der Waals surface area contributed by atoms with Crippen LogP contribution in [0.1, 0.15) is 69.2 Å². The van der Waals surface area contributed by atoms with Gasteiger partial charge in [-0.3, -0.25) is 9.59 Å². The number of esters is 2. The highest BCUT2D eigenvalue weighted by Gasteiger charge is 2.55. The highest BCUT2D eigenvalue weighted by molar-refractivity contribution is 5.66. The first-order chi connectivity index (χ1) is 25.1. The Kier molecular flexibility index (Phi) is 15.3. The van der Waals surface area contributed by atoms with Gasteiger partial charge in [0.1, 0.15) is 36.6 Å². The molecule has 314 valence electrons. The summed E-state index contributed by atoms with van der Waals surface area (Å²) in [5.74, 6) is -2.77. The van der Waals surface area contributed by atoms with E-state index in [1.54, 1.807) is 13.8 Å². The van der Waals surface area contributed by atoms with Crippen LogP contribution in [0.15, 0.2) is 0 Å². The molecule has 3 unspecified atom stereocenters. The number of hydrogen-bond donors (Lipinski definition) is 2. The van der Waals surface area contributed by atoms with Crippen molar-refractivity contribution in [2.24, 2.45) is 11.8 Å². The number of methoxy groups -OCH3 is 3. The molecule has 0 bridgehead atoms. The lowest BCUT2D eigenvalue weighted by Crippen LogP contribution is -2.47. The molecule has 0 aromatic rings. The van der Waals surface area contributed by atoms with Gasteiger partial charge in [-0.15, -0.1) is 0 Å². The zero-order valence-electron chi connectivity index (χ0n) is 33.7. The van der Waals surface area contributed by atoms with E-state index in [9.17, 15) is 19.8 Å². The first-order valence-corrected chi connectivity index (χ1v) is 18.3. The Labute approximate surface area is 317 Å². The molecule has 0 aromatic heterocycles. The molecule has 2 N–H and O–H groups in total. The van der Waals surface area contributed by atoms with Gasteiger partial charge in [0.15, 0.2) is 48.4 Å². The van der Waals surface area contributed by atoms with Gasteiger partial charge in [0, 0.05) is 47.0 Å². The first kappa shape index (κ1) is 45.1. The molecule has 0 aliphatic carbocycles. The van der Waals surface area contributed by atoms with Gasteiger partial charge < -0.3 is 76.5 Å². The van der Waals surface area contributed by atoms with Crippen LogP contribution in [0.2, 0.25) is 0 Å². The number of rotatable bonds is 5. The summed E-state index contributed by atoms with van der Waals surface area (Å²) in [6.07, 6.45) is -7.55. The maximum Gasteiger partial charge on any atom is 0.303 e. The van der Waals surface area contributed by atoms with E-state index in [1.807, 2.05) is 41.5 Å². The van der Waals surface area contributed by atoms with Crippen LogP contribution in [0.5, 0.6) is 0 Å². The Bertz CT molecular complexity index is 1160. The lowest BCUT2D eigenvalue weighted by Gasteiger charge is -2.28. The number of aliphatic hydroxyl groups is 2. The van der Waals surface area contributed by atoms with Crippen molar-refractivity contribution in [3.05, 3.63) is 0 Å². The second kappa shape index (κ2) is 18.3. The van der Waals surface area contributed by atoms with Crippen molar-refractivity contribution in [1.29, 1.82) is 0 Å². The average molecular weight is 783 g/mol. The number of ether oxygens (including phenoxy) is 14. The Morgan fingerprint density at radius 1 is 0.519 bits per heavy atom. The fourth-order valence-corrected chi connectivity index (χ4v) is 7.37. The highest BCUT2D eigenvalue weighted by Crippen LogP contribution is 2.40. The van der Waals surface area contributed by atoms with E-state index in [0.717, 1.165) is 0 Å². The van der Waals surface area contributed by atoms with Crippen LogP contribution in [-0.2, 0) is 75.9 Å². The summed E-state index contributed by atoms with van der Waals surface area (Å²) in [6.45, 7) is 18.6. The van der Waals surface area contributed by atoms with Gasteiger partial charge in [0.25, 0.3) is 0 Å². The van der Waals surface area contributed by atoms with Gasteiger partial charge in [-0.25, -0.2) is 0 Å². The molecule has 0 aromatic carbocycles. The van der Waals surface area contributed by atoms with Gasteiger partial charge in [-0.1, -0.05) is 13.8 Å². The minimum atomic E-state index is -0.870. The second-order valence-corrected chi connectivity index (χ2v) is 15.7. The molecule has 0 saturated carbocycles. The lowest BCUT2D eigenvalue weighted by atomic mass is 9.98. The van der Waals surface area contributed by atoms with Gasteiger partial charge in [0.05, 0.1) is 32.0 Å². The third-order valence-electron chi connectivity index (χ3n) is 9.57. The van der Waals surface area contributed by atoms with E-state index in [-0.39, 0.29) is 36.8 Å². The lowest BCUT2D eigenvalue weighted by molar-refractivity contribution is -0.231. The van der Waals surface area contributed by atoms with E-state index in [1.165, 1.54) is 35.2 Å². The molecule has 18 heteroatoms. The van der Waals surface area contributed by atoms with Crippen molar-refractivity contribution >= 4 is 11.9 Å². The third kappa shape index (κ3) is 11.1. The molecule has 0 spiro atoms. The number of aliphatic hydroxyl groups excluding tert-OH is 2. The summed E-state index contributed by atoms with van der Waals surface area (Å²) >= 11 is 0. The second-order valence-electron chi connectivity index (χ2n) is 15.7. The van der Waals surface area contributed by atoms with E-state index in [4.69, 9.17) is 66.3 Å². The summed E-state index contributed by atoms with van der Waals surface area (Å²) in [5, 5.41) is 20.1. The highest BCUT2D eigenvalue weighted by atomic mass is 16.8. The molecule has 6 heterocycles. The summed E-state index contributed by atoms with van der Waals surface area (Å²) in [6, 6.07) is 0. The first-order valence-electron chi connectivity index (χ1n) is 18.3. The molecular formula is C36H62O18. The summed E-state index contributed by atoms with van der Waals surface area (Å²) in [4.78, 5) is 22.5.